The third kappa shape index (κ3) is 3.75. The summed E-state index contributed by atoms with van der Waals surface area (Å²) in [6.45, 7) is 2.73. The predicted molar refractivity (Wildman–Crippen MR) is 112 cm³/mol. The van der Waals surface area contributed by atoms with E-state index in [-0.39, 0.29) is 11.7 Å². The van der Waals surface area contributed by atoms with E-state index in [9.17, 15) is 13.2 Å². The van der Waals surface area contributed by atoms with Crippen LogP contribution in [0.5, 0.6) is 5.88 Å². The second kappa shape index (κ2) is 8.02. The number of benzene rings is 2. The molecule has 0 atom stereocenters. The van der Waals surface area contributed by atoms with Crippen molar-refractivity contribution in [2.75, 3.05) is 0 Å². The van der Waals surface area contributed by atoms with E-state index >= 15 is 0 Å². The molecule has 2 heterocycles. The number of hydrogen-bond acceptors (Lipinski definition) is 5. The van der Waals surface area contributed by atoms with Gasteiger partial charge >= 0.3 is 6.61 Å². The molecule has 4 nitrogen and oxygen atoms in total. The van der Waals surface area contributed by atoms with Crippen molar-refractivity contribution in [3.63, 3.8) is 0 Å². The van der Waals surface area contributed by atoms with E-state index < -0.39 is 6.61 Å². The monoisotopic (exact) mass is 429 g/mol. The fourth-order valence-electron chi connectivity index (χ4n) is 3.42. The van der Waals surface area contributed by atoms with Gasteiger partial charge in [0.25, 0.3) is 0 Å². The van der Waals surface area contributed by atoms with Crippen LogP contribution in [-0.4, -0.2) is 21.6 Å². The van der Waals surface area contributed by atoms with Gasteiger partial charge in [-0.25, -0.2) is 19.3 Å². The van der Waals surface area contributed by atoms with E-state index in [4.69, 9.17) is 0 Å². The number of aryl methyl sites for hydroxylation is 3. The van der Waals surface area contributed by atoms with Crippen molar-refractivity contribution in [2.45, 2.75) is 33.8 Å². The Bertz CT molecular complexity index is 1240. The first-order valence-electron chi connectivity index (χ1n) is 9.35. The van der Waals surface area contributed by atoms with Crippen molar-refractivity contribution in [2.24, 2.45) is 0 Å². The number of halogens is 3. The Labute approximate surface area is 175 Å². The molecular weight excluding hydrogens is 411 g/mol. The minimum Gasteiger partial charge on any atom is -0.415 e. The lowest BCUT2D eigenvalue weighted by Crippen LogP contribution is -2.04. The first-order chi connectivity index (χ1) is 14.4. The highest BCUT2D eigenvalue weighted by molar-refractivity contribution is 7.18. The Morgan fingerprint density at radius 3 is 2.67 bits per heavy atom. The fraction of sp³-hybridized carbons (Fsp3) is 0.227. The molecule has 0 aliphatic heterocycles. The molecule has 0 saturated heterocycles. The van der Waals surface area contributed by atoms with Gasteiger partial charge in [0.1, 0.15) is 10.8 Å². The highest BCUT2D eigenvalue weighted by atomic mass is 32.1. The standard InChI is InChI=1S/C22H18F3N3OS/c1-4-13-6-5-7-15(23)18(13)20-12(3)27-21(30-20)14-8-11(2)9-16-19(14)26-10-17(28-16)29-22(24)25/h5-10,22H,4H2,1-3H3. The van der Waals surface area contributed by atoms with Gasteiger partial charge in [-0.15, -0.1) is 11.3 Å². The Morgan fingerprint density at radius 2 is 1.93 bits per heavy atom. The van der Waals surface area contributed by atoms with Crippen molar-refractivity contribution < 1.29 is 17.9 Å². The molecule has 0 fully saturated rings. The molecule has 4 aromatic rings. The Hall–Kier alpha value is -3.00. The minimum atomic E-state index is -2.97. The van der Waals surface area contributed by atoms with Crippen LogP contribution in [0.4, 0.5) is 13.2 Å². The van der Waals surface area contributed by atoms with Gasteiger partial charge in [0.15, 0.2) is 0 Å². The first-order valence-corrected chi connectivity index (χ1v) is 10.2. The van der Waals surface area contributed by atoms with Gasteiger partial charge < -0.3 is 4.74 Å². The van der Waals surface area contributed by atoms with Crippen molar-refractivity contribution >= 4 is 22.4 Å². The summed E-state index contributed by atoms with van der Waals surface area (Å²) in [5.41, 5.74) is 4.73. The average Bonchev–Trinajstić information content (AvgIpc) is 3.07. The number of fused-ring (bicyclic) bond motifs is 1. The SMILES string of the molecule is CCc1cccc(F)c1-c1sc(-c2cc(C)cc3nc(OC(F)F)cnc23)nc1C. The van der Waals surface area contributed by atoms with Crippen LogP contribution in [0.25, 0.3) is 32.0 Å². The van der Waals surface area contributed by atoms with E-state index in [1.54, 1.807) is 12.1 Å². The maximum atomic E-state index is 14.7. The second-order valence-electron chi connectivity index (χ2n) is 6.83. The number of ether oxygens (including phenoxy) is 1. The molecule has 2 aromatic carbocycles. The molecule has 0 amide bonds. The highest BCUT2D eigenvalue weighted by Crippen LogP contribution is 2.40. The molecule has 0 radical (unpaired) electrons. The van der Waals surface area contributed by atoms with E-state index in [1.807, 2.05) is 32.9 Å². The fourth-order valence-corrected chi connectivity index (χ4v) is 4.59. The summed E-state index contributed by atoms with van der Waals surface area (Å²) in [4.78, 5) is 13.9. The van der Waals surface area contributed by atoms with Crippen molar-refractivity contribution in [3.05, 3.63) is 59.2 Å². The van der Waals surface area contributed by atoms with Crippen LogP contribution in [0.2, 0.25) is 0 Å². The number of aromatic nitrogens is 3. The molecular formula is C22H18F3N3OS. The van der Waals surface area contributed by atoms with Gasteiger partial charge in [-0.05, 0) is 49.6 Å². The Kier molecular flexibility index (Phi) is 5.42. The number of hydrogen-bond donors (Lipinski definition) is 0. The zero-order chi connectivity index (χ0) is 21.4. The van der Waals surface area contributed by atoms with Gasteiger partial charge in [0, 0.05) is 11.1 Å². The highest BCUT2D eigenvalue weighted by Gasteiger charge is 2.20. The molecule has 154 valence electrons. The van der Waals surface area contributed by atoms with Crippen LogP contribution >= 0.6 is 11.3 Å². The predicted octanol–water partition coefficient (Wildman–Crippen LogP) is 6.34. The maximum absolute atomic E-state index is 14.7. The average molecular weight is 429 g/mol. The smallest absolute Gasteiger partial charge is 0.388 e. The summed E-state index contributed by atoms with van der Waals surface area (Å²) < 4.78 is 44.1. The van der Waals surface area contributed by atoms with Gasteiger partial charge in [-0.1, -0.05) is 19.1 Å². The third-order valence-electron chi connectivity index (χ3n) is 4.71. The van der Waals surface area contributed by atoms with Crippen molar-refractivity contribution in [1.29, 1.82) is 0 Å². The zero-order valence-electron chi connectivity index (χ0n) is 16.5. The van der Waals surface area contributed by atoms with Crippen LogP contribution in [0.3, 0.4) is 0 Å². The van der Waals surface area contributed by atoms with E-state index in [2.05, 4.69) is 19.7 Å². The van der Waals surface area contributed by atoms with Crippen LogP contribution in [0, 0.1) is 19.7 Å². The summed E-state index contributed by atoms with van der Waals surface area (Å²) in [6, 6.07) is 8.73. The Balaban J connectivity index is 1.87. The van der Waals surface area contributed by atoms with Crippen molar-refractivity contribution in [3.8, 4) is 26.9 Å². The summed E-state index contributed by atoms with van der Waals surface area (Å²) >= 11 is 1.38. The van der Waals surface area contributed by atoms with Crippen LogP contribution in [-0.2, 0) is 6.42 Å². The normalized spacial score (nSPS) is 11.4. The summed E-state index contributed by atoms with van der Waals surface area (Å²) in [6.07, 6.45) is 1.87. The Morgan fingerprint density at radius 1 is 1.13 bits per heavy atom. The first kappa shape index (κ1) is 20.3. The minimum absolute atomic E-state index is 0.246. The molecule has 0 bridgehead atoms. The molecule has 8 heteroatoms. The van der Waals surface area contributed by atoms with Crippen molar-refractivity contribution in [1.82, 2.24) is 15.0 Å². The van der Waals surface area contributed by atoms with Gasteiger partial charge in [0.2, 0.25) is 5.88 Å². The van der Waals surface area contributed by atoms with Crippen LogP contribution in [0.1, 0.15) is 23.7 Å². The molecule has 4 rings (SSSR count). The van der Waals surface area contributed by atoms with E-state index in [1.165, 1.54) is 23.6 Å². The quantitative estimate of drug-likeness (QED) is 0.371. The lowest BCUT2D eigenvalue weighted by Gasteiger charge is -2.08. The number of alkyl halides is 2. The molecule has 0 saturated carbocycles. The molecule has 0 aliphatic carbocycles. The summed E-state index contributed by atoms with van der Waals surface area (Å²) in [7, 11) is 0. The van der Waals surface area contributed by atoms with Gasteiger partial charge in [0.05, 0.1) is 27.8 Å². The molecule has 30 heavy (non-hydrogen) atoms. The molecule has 0 aliphatic rings. The summed E-state index contributed by atoms with van der Waals surface area (Å²) in [5.74, 6) is -0.528. The zero-order valence-corrected chi connectivity index (χ0v) is 17.4. The largest absolute Gasteiger partial charge is 0.415 e. The second-order valence-corrected chi connectivity index (χ2v) is 7.83. The number of nitrogens with zero attached hydrogens (tertiary/aromatic N) is 3. The molecule has 0 unspecified atom stereocenters. The summed E-state index contributed by atoms with van der Waals surface area (Å²) in [5, 5.41) is 0.665. The van der Waals surface area contributed by atoms with E-state index in [0.29, 0.717) is 28.0 Å². The topological polar surface area (TPSA) is 47.9 Å². The lowest BCUT2D eigenvalue weighted by molar-refractivity contribution is -0.0528. The number of rotatable bonds is 5. The third-order valence-corrected chi connectivity index (χ3v) is 5.92. The lowest BCUT2D eigenvalue weighted by atomic mass is 10.0. The maximum Gasteiger partial charge on any atom is 0.388 e. The molecule has 0 N–H and O–H groups in total. The molecule has 0 spiro atoms. The van der Waals surface area contributed by atoms with E-state index in [0.717, 1.165) is 27.3 Å². The van der Waals surface area contributed by atoms with Gasteiger partial charge in [-0.2, -0.15) is 8.78 Å². The molecule has 2 aromatic heterocycles. The number of thiazole rings is 1. The van der Waals surface area contributed by atoms with Gasteiger partial charge in [-0.3, -0.25) is 0 Å². The van der Waals surface area contributed by atoms with Crippen LogP contribution < -0.4 is 4.74 Å². The van der Waals surface area contributed by atoms with Crippen LogP contribution in [0.15, 0.2) is 36.5 Å².